The number of hydrogen-bond acceptors (Lipinski definition) is 5. The van der Waals surface area contributed by atoms with Gasteiger partial charge in [0, 0.05) is 18.9 Å². The molecule has 0 bridgehead atoms. The first kappa shape index (κ1) is 27.3. The van der Waals surface area contributed by atoms with Crippen LogP contribution in [-0.2, 0) is 26.2 Å². The Balaban J connectivity index is 2.22. The molecule has 0 saturated carbocycles. The van der Waals surface area contributed by atoms with E-state index in [1.165, 1.54) is 0 Å². The molecule has 2 amide bonds. The molecular weight excluding hydrogens is 456 g/mol. The van der Waals surface area contributed by atoms with Gasteiger partial charge in [0.25, 0.3) is 0 Å². The fourth-order valence-corrected chi connectivity index (χ4v) is 4.32. The van der Waals surface area contributed by atoms with Gasteiger partial charge in [-0.25, -0.2) is 13.9 Å². The first-order valence-corrected chi connectivity index (χ1v) is 13.0. The topological polar surface area (TPSA) is 121 Å². The number of nitrogens with one attached hydrogen (secondary N) is 2. The van der Waals surface area contributed by atoms with Gasteiger partial charge in [-0.2, -0.15) is 0 Å². The van der Waals surface area contributed by atoms with Crippen molar-refractivity contribution in [1.82, 2.24) is 19.9 Å². The SMILES string of the molecule is CC(C)C[C@@H](C(=O)NN(CCn1cccc1)S(C)(=O)=O)[C@H](C/C=C/c1ccccc1)C(=O)NO. The molecule has 186 valence electrons. The van der Waals surface area contributed by atoms with E-state index >= 15 is 0 Å². The molecular formula is C24H34N4O5S. The molecule has 0 unspecified atom stereocenters. The Hall–Kier alpha value is -2.95. The van der Waals surface area contributed by atoms with Crippen molar-refractivity contribution in [2.75, 3.05) is 12.8 Å². The van der Waals surface area contributed by atoms with Crippen LogP contribution in [0, 0.1) is 17.8 Å². The lowest BCUT2D eigenvalue weighted by atomic mass is 9.82. The quantitative estimate of drug-likeness (QED) is 0.294. The van der Waals surface area contributed by atoms with Crippen molar-refractivity contribution in [3.63, 3.8) is 0 Å². The van der Waals surface area contributed by atoms with E-state index in [-0.39, 0.29) is 18.9 Å². The summed E-state index contributed by atoms with van der Waals surface area (Å²) in [5.41, 5.74) is 5.10. The highest BCUT2D eigenvalue weighted by Crippen LogP contribution is 2.25. The molecule has 1 aromatic carbocycles. The zero-order valence-corrected chi connectivity index (χ0v) is 20.6. The molecule has 0 aliphatic carbocycles. The number of nitrogens with zero attached hydrogens (tertiary/aromatic N) is 2. The minimum Gasteiger partial charge on any atom is -0.353 e. The summed E-state index contributed by atoms with van der Waals surface area (Å²) in [5.74, 6) is -2.99. The molecule has 0 radical (unpaired) electrons. The van der Waals surface area contributed by atoms with Crippen molar-refractivity contribution in [3.8, 4) is 0 Å². The van der Waals surface area contributed by atoms with E-state index in [2.05, 4.69) is 5.43 Å². The van der Waals surface area contributed by atoms with Crippen LogP contribution in [0.3, 0.4) is 0 Å². The van der Waals surface area contributed by atoms with Gasteiger partial charge in [0.1, 0.15) is 0 Å². The number of hydroxylamine groups is 1. The Morgan fingerprint density at radius 1 is 1.06 bits per heavy atom. The maximum Gasteiger partial charge on any atom is 0.247 e. The minimum atomic E-state index is -3.76. The van der Waals surface area contributed by atoms with Crippen LogP contribution in [-0.4, -0.2) is 47.2 Å². The molecule has 2 atom stereocenters. The summed E-state index contributed by atoms with van der Waals surface area (Å²) in [7, 11) is -3.76. The van der Waals surface area contributed by atoms with Gasteiger partial charge >= 0.3 is 0 Å². The predicted octanol–water partition coefficient (Wildman–Crippen LogP) is 2.67. The normalized spacial score (nSPS) is 13.8. The van der Waals surface area contributed by atoms with Gasteiger partial charge in [-0.1, -0.05) is 56.3 Å². The van der Waals surface area contributed by atoms with Crippen LogP contribution in [0.2, 0.25) is 0 Å². The monoisotopic (exact) mass is 490 g/mol. The van der Waals surface area contributed by atoms with Crippen molar-refractivity contribution in [2.24, 2.45) is 17.8 Å². The van der Waals surface area contributed by atoms with Crippen molar-refractivity contribution in [1.29, 1.82) is 0 Å². The van der Waals surface area contributed by atoms with Crippen molar-refractivity contribution in [3.05, 3.63) is 66.5 Å². The highest BCUT2D eigenvalue weighted by atomic mass is 32.2. The Bertz CT molecular complexity index is 1040. The maximum atomic E-state index is 13.3. The number of sulfonamides is 1. The molecule has 0 spiro atoms. The summed E-state index contributed by atoms with van der Waals surface area (Å²) in [5, 5.41) is 9.32. The minimum absolute atomic E-state index is 0.0262. The maximum absolute atomic E-state index is 13.3. The molecule has 2 rings (SSSR count). The molecule has 0 aliphatic rings. The van der Waals surface area contributed by atoms with Crippen LogP contribution in [0.25, 0.3) is 6.08 Å². The second-order valence-electron chi connectivity index (χ2n) is 8.60. The Morgan fingerprint density at radius 2 is 1.71 bits per heavy atom. The van der Waals surface area contributed by atoms with Crippen LogP contribution in [0.4, 0.5) is 0 Å². The third-order valence-electron chi connectivity index (χ3n) is 5.36. The zero-order valence-electron chi connectivity index (χ0n) is 19.8. The van der Waals surface area contributed by atoms with Gasteiger partial charge in [-0.15, -0.1) is 4.41 Å². The van der Waals surface area contributed by atoms with E-state index in [0.29, 0.717) is 13.0 Å². The summed E-state index contributed by atoms with van der Waals surface area (Å²) in [6.07, 6.45) is 8.74. The lowest BCUT2D eigenvalue weighted by Crippen LogP contribution is -2.51. The second kappa shape index (κ2) is 13.1. The van der Waals surface area contributed by atoms with Crippen molar-refractivity contribution < 1.29 is 23.2 Å². The summed E-state index contributed by atoms with van der Waals surface area (Å²) in [6, 6.07) is 13.1. The van der Waals surface area contributed by atoms with Crippen LogP contribution < -0.4 is 10.9 Å². The second-order valence-corrected chi connectivity index (χ2v) is 10.5. The van der Waals surface area contributed by atoms with Crippen LogP contribution in [0.15, 0.2) is 60.9 Å². The van der Waals surface area contributed by atoms with Gasteiger partial charge in [0.15, 0.2) is 0 Å². The fraction of sp³-hybridized carbons (Fsp3) is 0.417. The lowest BCUT2D eigenvalue weighted by molar-refractivity contribution is -0.141. The summed E-state index contributed by atoms with van der Waals surface area (Å²) < 4.78 is 27.4. The summed E-state index contributed by atoms with van der Waals surface area (Å²) >= 11 is 0. The van der Waals surface area contributed by atoms with E-state index in [1.54, 1.807) is 28.5 Å². The van der Waals surface area contributed by atoms with E-state index in [9.17, 15) is 23.2 Å². The molecule has 10 heteroatoms. The van der Waals surface area contributed by atoms with Crippen LogP contribution >= 0.6 is 0 Å². The average molecular weight is 491 g/mol. The highest BCUT2D eigenvalue weighted by molar-refractivity contribution is 7.88. The number of allylic oxidation sites excluding steroid dienone is 1. The fourth-order valence-electron chi connectivity index (χ4n) is 3.65. The molecule has 0 aliphatic heterocycles. The van der Waals surface area contributed by atoms with E-state index in [0.717, 1.165) is 16.2 Å². The van der Waals surface area contributed by atoms with E-state index < -0.39 is 33.7 Å². The number of amides is 2. The molecule has 0 fully saturated rings. The molecule has 2 aromatic rings. The number of aromatic nitrogens is 1. The molecule has 1 aromatic heterocycles. The number of rotatable bonds is 13. The zero-order chi connectivity index (χ0) is 25.1. The predicted molar refractivity (Wildman–Crippen MR) is 131 cm³/mol. The Labute approximate surface area is 201 Å². The third kappa shape index (κ3) is 8.77. The summed E-state index contributed by atoms with van der Waals surface area (Å²) in [6.45, 7) is 4.19. The summed E-state index contributed by atoms with van der Waals surface area (Å²) in [4.78, 5) is 25.8. The lowest BCUT2D eigenvalue weighted by Gasteiger charge is -2.28. The van der Waals surface area contributed by atoms with Crippen LogP contribution in [0.1, 0.15) is 32.3 Å². The van der Waals surface area contributed by atoms with Gasteiger partial charge < -0.3 is 4.57 Å². The largest absolute Gasteiger partial charge is 0.353 e. The number of carbonyl (C=O) groups excluding carboxylic acids is 2. The van der Waals surface area contributed by atoms with E-state index in [1.807, 2.05) is 62.4 Å². The third-order valence-corrected chi connectivity index (χ3v) is 6.43. The average Bonchev–Trinajstić information content (AvgIpc) is 3.31. The van der Waals surface area contributed by atoms with Crippen molar-refractivity contribution in [2.45, 2.75) is 33.2 Å². The number of benzene rings is 1. The van der Waals surface area contributed by atoms with Gasteiger partial charge in [-0.3, -0.25) is 20.2 Å². The van der Waals surface area contributed by atoms with Gasteiger partial charge in [-0.05, 0) is 36.5 Å². The molecule has 9 nitrogen and oxygen atoms in total. The van der Waals surface area contributed by atoms with Gasteiger partial charge in [0.05, 0.1) is 24.6 Å². The number of hydrazine groups is 1. The smallest absolute Gasteiger partial charge is 0.247 e. The number of hydrogen-bond donors (Lipinski definition) is 3. The molecule has 1 heterocycles. The molecule has 34 heavy (non-hydrogen) atoms. The van der Waals surface area contributed by atoms with Gasteiger partial charge in [0.2, 0.25) is 21.8 Å². The Morgan fingerprint density at radius 3 is 2.26 bits per heavy atom. The van der Waals surface area contributed by atoms with Crippen LogP contribution in [0.5, 0.6) is 0 Å². The standard InChI is InChI=1S/C24H34N4O5S/c1-19(2)18-22(21(24(30)26-31)13-9-12-20-10-5-4-6-11-20)23(29)25-28(34(3,32)33)17-16-27-14-7-8-15-27/h4-12,14-15,19,21-22,31H,13,16-18H2,1-3H3,(H,25,29)(H,26,30)/b12-9+/t21-,22+/m0/s1. The Kier molecular flexibility index (Phi) is 10.5. The highest BCUT2D eigenvalue weighted by Gasteiger charge is 2.35. The van der Waals surface area contributed by atoms with E-state index in [4.69, 9.17) is 0 Å². The number of carbonyl (C=O) groups is 2. The van der Waals surface area contributed by atoms with Crippen molar-refractivity contribution >= 4 is 27.9 Å². The molecule has 0 saturated heterocycles. The molecule has 3 N–H and O–H groups in total. The first-order chi connectivity index (χ1) is 16.1. The first-order valence-electron chi connectivity index (χ1n) is 11.2.